The number of hydrogen-bond acceptors (Lipinski definition) is 2. The Morgan fingerprint density at radius 2 is 2.15 bits per heavy atom. The summed E-state index contributed by atoms with van der Waals surface area (Å²) in [6.45, 7) is 0. The van der Waals surface area contributed by atoms with Crippen LogP contribution in [0.3, 0.4) is 0 Å². The Morgan fingerprint density at radius 1 is 1.54 bits per heavy atom. The van der Waals surface area contributed by atoms with Gasteiger partial charge in [0.15, 0.2) is 5.38 Å². The zero-order valence-corrected chi connectivity index (χ0v) is 7.78. The first kappa shape index (κ1) is 9.86. The van der Waals surface area contributed by atoms with Gasteiger partial charge < -0.3 is 9.84 Å². The first-order valence-corrected chi connectivity index (χ1v) is 4.10. The first-order chi connectivity index (χ1) is 6.16. The maximum atomic E-state index is 10.6. The average Bonchev–Trinajstić information content (AvgIpc) is 2.16. The van der Waals surface area contributed by atoms with E-state index >= 15 is 0 Å². The third kappa shape index (κ3) is 2.12. The first-order valence-electron chi connectivity index (χ1n) is 3.66. The van der Waals surface area contributed by atoms with Crippen LogP contribution in [0.1, 0.15) is 10.9 Å². The number of ether oxygens (including phenoxy) is 1. The molecule has 0 spiro atoms. The summed E-state index contributed by atoms with van der Waals surface area (Å²) in [7, 11) is 1.48. The minimum absolute atomic E-state index is 0.471. The van der Waals surface area contributed by atoms with Crippen LogP contribution in [0.2, 0.25) is 0 Å². The molecule has 1 unspecified atom stereocenters. The van der Waals surface area contributed by atoms with Crippen molar-refractivity contribution in [3.8, 4) is 5.75 Å². The zero-order valence-electron chi connectivity index (χ0n) is 7.03. The van der Waals surface area contributed by atoms with Crippen LogP contribution in [0.5, 0.6) is 5.75 Å². The fourth-order valence-electron chi connectivity index (χ4n) is 1.01. The molecule has 0 saturated heterocycles. The van der Waals surface area contributed by atoms with E-state index in [1.807, 2.05) is 0 Å². The van der Waals surface area contributed by atoms with Gasteiger partial charge in [0.1, 0.15) is 5.75 Å². The Labute approximate surface area is 80.9 Å². The average molecular weight is 201 g/mol. The topological polar surface area (TPSA) is 46.5 Å². The van der Waals surface area contributed by atoms with Gasteiger partial charge in [0.25, 0.3) is 0 Å². The second-order valence-electron chi connectivity index (χ2n) is 2.44. The van der Waals surface area contributed by atoms with Gasteiger partial charge in [0.2, 0.25) is 0 Å². The number of carbonyl (C=O) groups is 1. The Bertz CT molecular complexity index is 311. The van der Waals surface area contributed by atoms with Gasteiger partial charge in [-0.15, -0.1) is 11.6 Å². The van der Waals surface area contributed by atoms with Crippen LogP contribution in [-0.2, 0) is 4.79 Å². The number of hydrogen-bond donors (Lipinski definition) is 1. The molecule has 3 nitrogen and oxygen atoms in total. The lowest BCUT2D eigenvalue weighted by atomic mass is 10.1. The molecule has 4 heteroatoms. The van der Waals surface area contributed by atoms with Crippen molar-refractivity contribution in [2.45, 2.75) is 5.38 Å². The van der Waals surface area contributed by atoms with E-state index in [1.54, 1.807) is 24.3 Å². The summed E-state index contributed by atoms with van der Waals surface area (Å²) in [4.78, 5) is 10.6. The minimum Gasteiger partial charge on any atom is -0.496 e. The summed E-state index contributed by atoms with van der Waals surface area (Å²) >= 11 is 5.65. The monoisotopic (exact) mass is 200 g/mol. The predicted molar refractivity (Wildman–Crippen MR) is 49.2 cm³/mol. The lowest BCUT2D eigenvalue weighted by Crippen LogP contribution is -2.06. The van der Waals surface area contributed by atoms with E-state index in [2.05, 4.69) is 0 Å². The highest BCUT2D eigenvalue weighted by atomic mass is 35.5. The van der Waals surface area contributed by atoms with Crippen molar-refractivity contribution < 1.29 is 14.6 Å². The van der Waals surface area contributed by atoms with Crippen molar-refractivity contribution in [2.24, 2.45) is 0 Å². The van der Waals surface area contributed by atoms with Gasteiger partial charge in [0, 0.05) is 5.56 Å². The third-order valence-electron chi connectivity index (χ3n) is 1.63. The molecule has 0 fully saturated rings. The Kier molecular flexibility index (Phi) is 3.14. The van der Waals surface area contributed by atoms with E-state index < -0.39 is 11.3 Å². The molecule has 0 aliphatic carbocycles. The van der Waals surface area contributed by atoms with E-state index in [1.165, 1.54) is 7.11 Å². The lowest BCUT2D eigenvalue weighted by molar-refractivity contribution is -0.136. The standard InChI is InChI=1S/C9H9ClO3/c1-13-7-5-3-2-4-6(7)8(10)9(11)12/h2-5,8H,1H3,(H,11,12). The van der Waals surface area contributed by atoms with Gasteiger partial charge in [-0.25, -0.2) is 0 Å². The highest BCUT2D eigenvalue weighted by Crippen LogP contribution is 2.29. The van der Waals surface area contributed by atoms with Crippen LogP contribution in [0.15, 0.2) is 24.3 Å². The second-order valence-corrected chi connectivity index (χ2v) is 2.88. The molecule has 0 heterocycles. The summed E-state index contributed by atoms with van der Waals surface area (Å²) in [6, 6.07) is 6.78. The molecule has 1 aromatic rings. The molecular formula is C9H9ClO3. The van der Waals surface area contributed by atoms with Crippen LogP contribution in [0, 0.1) is 0 Å². The van der Waals surface area contributed by atoms with Crippen molar-refractivity contribution in [2.75, 3.05) is 7.11 Å². The fourth-order valence-corrected chi connectivity index (χ4v) is 1.19. The van der Waals surface area contributed by atoms with Gasteiger partial charge in [-0.2, -0.15) is 0 Å². The maximum absolute atomic E-state index is 10.6. The lowest BCUT2D eigenvalue weighted by Gasteiger charge is -2.09. The van der Waals surface area contributed by atoms with Crippen LogP contribution in [-0.4, -0.2) is 18.2 Å². The maximum Gasteiger partial charge on any atom is 0.326 e. The quantitative estimate of drug-likeness (QED) is 0.760. The Balaban J connectivity index is 3.05. The van der Waals surface area contributed by atoms with E-state index in [9.17, 15) is 4.79 Å². The van der Waals surface area contributed by atoms with Crippen molar-refractivity contribution in [3.05, 3.63) is 29.8 Å². The summed E-state index contributed by atoms with van der Waals surface area (Å²) in [5.74, 6) is -0.587. The van der Waals surface area contributed by atoms with Crippen LogP contribution < -0.4 is 4.74 Å². The molecular weight excluding hydrogens is 192 g/mol. The van der Waals surface area contributed by atoms with E-state index in [-0.39, 0.29) is 0 Å². The van der Waals surface area contributed by atoms with Crippen molar-refractivity contribution in [1.29, 1.82) is 0 Å². The molecule has 0 bridgehead atoms. The number of alkyl halides is 1. The highest BCUT2D eigenvalue weighted by Gasteiger charge is 2.19. The molecule has 0 aliphatic rings. The molecule has 0 amide bonds. The normalized spacial score (nSPS) is 12.2. The van der Waals surface area contributed by atoms with Gasteiger partial charge in [-0.05, 0) is 6.07 Å². The number of rotatable bonds is 3. The summed E-state index contributed by atoms with van der Waals surface area (Å²) < 4.78 is 4.97. The van der Waals surface area contributed by atoms with Crippen LogP contribution in [0.4, 0.5) is 0 Å². The van der Waals surface area contributed by atoms with E-state index in [0.29, 0.717) is 11.3 Å². The van der Waals surface area contributed by atoms with E-state index in [0.717, 1.165) is 0 Å². The largest absolute Gasteiger partial charge is 0.496 e. The molecule has 1 aromatic carbocycles. The number of carboxylic acid groups (broad SMARTS) is 1. The van der Waals surface area contributed by atoms with Gasteiger partial charge in [-0.1, -0.05) is 18.2 Å². The SMILES string of the molecule is COc1ccccc1C(Cl)C(=O)O. The molecule has 0 radical (unpaired) electrons. The number of benzene rings is 1. The van der Waals surface area contributed by atoms with Crippen molar-refractivity contribution in [3.63, 3.8) is 0 Å². The third-order valence-corrected chi connectivity index (χ3v) is 2.05. The molecule has 70 valence electrons. The number of aliphatic carboxylic acids is 1. The number of halogens is 1. The van der Waals surface area contributed by atoms with Crippen molar-refractivity contribution in [1.82, 2.24) is 0 Å². The Hall–Kier alpha value is -1.22. The predicted octanol–water partition coefficient (Wildman–Crippen LogP) is 2.06. The van der Waals surface area contributed by atoms with Gasteiger partial charge >= 0.3 is 5.97 Å². The molecule has 1 atom stereocenters. The van der Waals surface area contributed by atoms with Crippen LogP contribution in [0.25, 0.3) is 0 Å². The molecule has 1 N–H and O–H groups in total. The number of carboxylic acids is 1. The number of para-hydroxylation sites is 1. The second kappa shape index (κ2) is 4.14. The smallest absolute Gasteiger partial charge is 0.326 e. The number of methoxy groups -OCH3 is 1. The molecule has 0 aromatic heterocycles. The summed E-state index contributed by atoms with van der Waals surface area (Å²) in [5.41, 5.74) is 0.471. The van der Waals surface area contributed by atoms with Crippen molar-refractivity contribution >= 4 is 17.6 Å². The van der Waals surface area contributed by atoms with Gasteiger partial charge in [-0.3, -0.25) is 4.79 Å². The molecule has 0 saturated carbocycles. The van der Waals surface area contributed by atoms with E-state index in [4.69, 9.17) is 21.4 Å². The molecule has 13 heavy (non-hydrogen) atoms. The minimum atomic E-state index is -1.08. The Morgan fingerprint density at radius 3 is 2.69 bits per heavy atom. The summed E-state index contributed by atoms with van der Waals surface area (Å²) in [6.07, 6.45) is 0. The molecule has 1 rings (SSSR count). The molecule has 0 aliphatic heterocycles. The summed E-state index contributed by atoms with van der Waals surface area (Å²) in [5, 5.41) is 7.61. The zero-order chi connectivity index (χ0) is 9.84. The van der Waals surface area contributed by atoms with Crippen LogP contribution >= 0.6 is 11.6 Å². The van der Waals surface area contributed by atoms with Gasteiger partial charge in [0.05, 0.1) is 7.11 Å². The fraction of sp³-hybridized carbons (Fsp3) is 0.222. The highest BCUT2D eigenvalue weighted by molar-refractivity contribution is 6.29.